The number of carbonyl (C=O) groups excluding carboxylic acids is 2. The van der Waals surface area contributed by atoms with Crippen LogP contribution in [0.15, 0.2) is 48.5 Å². The van der Waals surface area contributed by atoms with Crippen LogP contribution in [-0.4, -0.2) is 29.5 Å². The predicted molar refractivity (Wildman–Crippen MR) is 98.6 cm³/mol. The number of aryl methyl sites for hydroxylation is 1. The van der Waals surface area contributed by atoms with Gasteiger partial charge >= 0.3 is 5.97 Å². The molecule has 1 atom stereocenters. The van der Waals surface area contributed by atoms with Crippen LogP contribution in [0.1, 0.15) is 18.9 Å². The molecule has 0 aliphatic heterocycles. The number of amides is 1. The molecule has 8 heteroatoms. The number of nitrogens with zero attached hydrogens (tertiary/aromatic N) is 1. The molecule has 0 radical (unpaired) electrons. The molecule has 2 aromatic rings. The number of benzene rings is 2. The maximum absolute atomic E-state index is 12.1. The Labute approximate surface area is 156 Å². The van der Waals surface area contributed by atoms with Crippen molar-refractivity contribution < 1.29 is 24.0 Å². The molecule has 0 saturated heterocycles. The lowest BCUT2D eigenvalue weighted by atomic mass is 10.2. The first-order valence-corrected chi connectivity index (χ1v) is 8.34. The largest absolute Gasteiger partial charge is 0.479 e. The molecule has 2 rings (SSSR count). The summed E-state index contributed by atoms with van der Waals surface area (Å²) in [6, 6.07) is 12.9. The number of hydrogen-bond donors (Lipinski definition) is 1. The van der Waals surface area contributed by atoms with Gasteiger partial charge in [0.1, 0.15) is 5.75 Å². The molecule has 27 heavy (non-hydrogen) atoms. The second kappa shape index (κ2) is 9.33. The summed E-state index contributed by atoms with van der Waals surface area (Å²) < 4.78 is 10.6. The maximum atomic E-state index is 12.1. The third-order valence-corrected chi connectivity index (χ3v) is 3.71. The predicted octanol–water partition coefficient (Wildman–Crippen LogP) is 3.24. The van der Waals surface area contributed by atoms with E-state index >= 15 is 0 Å². The summed E-state index contributed by atoms with van der Waals surface area (Å²) in [5, 5.41) is 13.3. The van der Waals surface area contributed by atoms with Crippen molar-refractivity contribution in [3.63, 3.8) is 0 Å². The van der Waals surface area contributed by atoms with Crippen LogP contribution in [0.25, 0.3) is 0 Å². The summed E-state index contributed by atoms with van der Waals surface area (Å²) in [6.45, 7) is 2.95. The monoisotopic (exact) mass is 372 g/mol. The van der Waals surface area contributed by atoms with Crippen LogP contribution in [0.2, 0.25) is 0 Å². The van der Waals surface area contributed by atoms with E-state index in [4.69, 9.17) is 9.47 Å². The van der Waals surface area contributed by atoms with Crippen molar-refractivity contribution in [1.29, 1.82) is 0 Å². The van der Waals surface area contributed by atoms with Crippen molar-refractivity contribution in [1.82, 2.24) is 0 Å². The van der Waals surface area contributed by atoms with Gasteiger partial charge in [-0.1, -0.05) is 31.2 Å². The highest BCUT2D eigenvalue weighted by molar-refractivity contribution is 5.94. The Morgan fingerprint density at radius 1 is 1.19 bits per heavy atom. The molecule has 1 amide bonds. The number of para-hydroxylation sites is 1. The topological polar surface area (TPSA) is 108 Å². The maximum Gasteiger partial charge on any atom is 0.347 e. The van der Waals surface area contributed by atoms with Gasteiger partial charge in [-0.2, -0.15) is 0 Å². The van der Waals surface area contributed by atoms with Crippen LogP contribution in [0.3, 0.4) is 0 Å². The molecule has 0 aliphatic carbocycles. The summed E-state index contributed by atoms with van der Waals surface area (Å²) in [7, 11) is 0. The van der Waals surface area contributed by atoms with Gasteiger partial charge < -0.3 is 14.8 Å². The number of rotatable bonds is 8. The number of non-ortho nitro benzene ring substituents is 1. The number of nitrogens with one attached hydrogen (secondary N) is 1. The molecule has 0 aliphatic rings. The van der Waals surface area contributed by atoms with Gasteiger partial charge in [-0.15, -0.1) is 0 Å². The van der Waals surface area contributed by atoms with Crippen molar-refractivity contribution in [3.05, 3.63) is 64.2 Å². The third-order valence-electron chi connectivity index (χ3n) is 3.71. The smallest absolute Gasteiger partial charge is 0.347 e. The Hall–Kier alpha value is -3.42. The van der Waals surface area contributed by atoms with Crippen LogP contribution in [-0.2, 0) is 14.3 Å². The van der Waals surface area contributed by atoms with E-state index in [1.54, 1.807) is 38.1 Å². The van der Waals surface area contributed by atoms with Gasteiger partial charge in [0.15, 0.2) is 12.7 Å². The molecule has 0 bridgehead atoms. The molecule has 8 nitrogen and oxygen atoms in total. The van der Waals surface area contributed by atoms with Gasteiger partial charge in [0.2, 0.25) is 0 Å². The molecule has 0 saturated carbocycles. The van der Waals surface area contributed by atoms with E-state index in [1.807, 2.05) is 6.07 Å². The molecule has 0 unspecified atom stereocenters. The molecule has 0 fully saturated rings. The van der Waals surface area contributed by atoms with Gasteiger partial charge in [-0.25, -0.2) is 4.79 Å². The number of nitro groups is 1. The second-order valence-electron chi connectivity index (χ2n) is 5.74. The number of hydrogen-bond acceptors (Lipinski definition) is 6. The van der Waals surface area contributed by atoms with Crippen molar-refractivity contribution in [2.45, 2.75) is 26.4 Å². The Balaban J connectivity index is 1.91. The third kappa shape index (κ3) is 5.81. The highest BCUT2D eigenvalue weighted by Crippen LogP contribution is 2.21. The fourth-order valence-electron chi connectivity index (χ4n) is 2.24. The quantitative estimate of drug-likeness (QED) is 0.433. The van der Waals surface area contributed by atoms with Gasteiger partial charge in [0.05, 0.1) is 10.6 Å². The number of ether oxygens (including phenoxy) is 2. The summed E-state index contributed by atoms with van der Waals surface area (Å²) >= 11 is 0. The van der Waals surface area contributed by atoms with Crippen LogP contribution >= 0.6 is 0 Å². The highest BCUT2D eigenvalue weighted by Gasteiger charge is 2.21. The number of carbonyl (C=O) groups is 2. The van der Waals surface area contributed by atoms with Gasteiger partial charge in [0, 0.05) is 12.1 Å². The van der Waals surface area contributed by atoms with Crippen LogP contribution in [0.4, 0.5) is 11.4 Å². The first kappa shape index (κ1) is 19.9. The minimum Gasteiger partial charge on any atom is -0.479 e. The molecule has 1 N–H and O–H groups in total. The fraction of sp³-hybridized carbons (Fsp3) is 0.263. The molecule has 0 spiro atoms. The fourth-order valence-corrected chi connectivity index (χ4v) is 2.24. The number of esters is 1. The van der Waals surface area contributed by atoms with Crippen molar-refractivity contribution in [2.75, 3.05) is 11.9 Å². The summed E-state index contributed by atoms with van der Waals surface area (Å²) in [5.74, 6) is -0.730. The zero-order valence-electron chi connectivity index (χ0n) is 15.0. The minimum absolute atomic E-state index is 0.143. The van der Waals surface area contributed by atoms with Crippen molar-refractivity contribution >= 4 is 23.3 Å². The van der Waals surface area contributed by atoms with Crippen LogP contribution in [0.5, 0.6) is 5.75 Å². The van der Waals surface area contributed by atoms with Gasteiger partial charge in [-0.05, 0) is 31.0 Å². The van der Waals surface area contributed by atoms with Gasteiger partial charge in [0.25, 0.3) is 11.6 Å². The van der Waals surface area contributed by atoms with E-state index in [9.17, 15) is 19.7 Å². The van der Waals surface area contributed by atoms with E-state index in [1.165, 1.54) is 18.2 Å². The summed E-state index contributed by atoms with van der Waals surface area (Å²) in [5.41, 5.74) is 0.798. The Morgan fingerprint density at radius 2 is 1.89 bits per heavy atom. The average molecular weight is 372 g/mol. The van der Waals surface area contributed by atoms with Crippen molar-refractivity contribution in [3.8, 4) is 5.75 Å². The molecular weight excluding hydrogens is 352 g/mol. The lowest BCUT2D eigenvalue weighted by Crippen LogP contribution is -2.31. The zero-order valence-corrected chi connectivity index (χ0v) is 15.0. The Morgan fingerprint density at radius 3 is 2.52 bits per heavy atom. The molecule has 0 aromatic heterocycles. The number of anilines is 1. The molecule has 0 heterocycles. The van der Waals surface area contributed by atoms with Crippen LogP contribution in [0, 0.1) is 17.0 Å². The standard InChI is InChI=1S/C19H20N2O6/c1-3-17(27-15-7-5-4-6-8-15)19(23)26-12-18(22)20-16-11-14(21(24)25)10-9-13(16)2/h4-11,17H,3,12H2,1-2H3,(H,20,22)/t17-/m0/s1. The van der Waals surface area contributed by atoms with E-state index in [2.05, 4.69) is 5.32 Å². The van der Waals surface area contributed by atoms with E-state index in [0.29, 0.717) is 17.7 Å². The normalized spacial score (nSPS) is 11.3. The summed E-state index contributed by atoms with van der Waals surface area (Å²) in [4.78, 5) is 34.4. The first-order valence-electron chi connectivity index (χ1n) is 8.34. The molecule has 142 valence electrons. The lowest BCUT2D eigenvalue weighted by Gasteiger charge is -2.16. The lowest BCUT2D eigenvalue weighted by molar-refractivity contribution is -0.384. The minimum atomic E-state index is -0.834. The molecular formula is C19H20N2O6. The highest BCUT2D eigenvalue weighted by atomic mass is 16.6. The van der Waals surface area contributed by atoms with Crippen LogP contribution < -0.4 is 10.1 Å². The Bertz CT molecular complexity index is 822. The van der Waals surface area contributed by atoms with E-state index in [-0.39, 0.29) is 11.4 Å². The second-order valence-corrected chi connectivity index (χ2v) is 5.74. The van der Waals surface area contributed by atoms with Gasteiger partial charge in [-0.3, -0.25) is 14.9 Å². The SMILES string of the molecule is CC[C@H](Oc1ccccc1)C(=O)OCC(=O)Nc1cc([N+](=O)[O-])ccc1C. The molecule has 2 aromatic carbocycles. The summed E-state index contributed by atoms with van der Waals surface area (Å²) in [6.07, 6.45) is -0.459. The van der Waals surface area contributed by atoms with Crippen molar-refractivity contribution in [2.24, 2.45) is 0 Å². The van der Waals surface area contributed by atoms with E-state index < -0.39 is 29.5 Å². The zero-order chi connectivity index (χ0) is 19.8. The number of nitro benzene ring substituents is 1. The Kier molecular flexibility index (Phi) is 6.87. The average Bonchev–Trinajstić information content (AvgIpc) is 2.66. The first-order chi connectivity index (χ1) is 12.9. The van der Waals surface area contributed by atoms with E-state index in [0.717, 1.165) is 0 Å².